The van der Waals surface area contributed by atoms with Gasteiger partial charge in [0.2, 0.25) is 0 Å². The van der Waals surface area contributed by atoms with Crippen LogP contribution in [0.5, 0.6) is 0 Å². The fraction of sp³-hybridized carbons (Fsp3) is 0.174. The smallest absolute Gasteiger partial charge is 0.270 e. The van der Waals surface area contributed by atoms with E-state index in [1.807, 2.05) is 55.6 Å². The fourth-order valence-corrected chi connectivity index (χ4v) is 4.64. The summed E-state index contributed by atoms with van der Waals surface area (Å²) in [5, 5.41) is 0. The first kappa shape index (κ1) is 19.0. The first-order chi connectivity index (χ1) is 13.5. The molecule has 0 aliphatic rings. The van der Waals surface area contributed by atoms with Gasteiger partial charge in [-0.3, -0.25) is 4.79 Å². The molecule has 4 aromatic rings. The number of rotatable bonds is 5. The number of fused-ring (bicyclic) bond motifs is 1. The fourth-order valence-electron chi connectivity index (χ4n) is 3.41. The molecule has 0 saturated carbocycles. The van der Waals surface area contributed by atoms with E-state index in [9.17, 15) is 4.79 Å². The van der Waals surface area contributed by atoms with Crippen molar-refractivity contribution in [1.29, 1.82) is 0 Å². The number of hydrogen-bond donors (Lipinski definition) is 0. The van der Waals surface area contributed by atoms with Gasteiger partial charge in [-0.2, -0.15) is 0 Å². The Morgan fingerprint density at radius 2 is 1.75 bits per heavy atom. The molecule has 0 spiro atoms. The summed E-state index contributed by atoms with van der Waals surface area (Å²) < 4.78 is 4.36. The van der Waals surface area contributed by atoms with Gasteiger partial charge in [-0.25, -0.2) is 0 Å². The largest absolute Gasteiger partial charge is 0.336 e. The Morgan fingerprint density at radius 1 is 1.04 bits per heavy atom. The molecule has 5 heteroatoms. The van der Waals surface area contributed by atoms with Crippen molar-refractivity contribution < 1.29 is 4.79 Å². The molecule has 2 aromatic carbocycles. The Labute approximate surface area is 177 Å². The molecule has 2 heterocycles. The molecular weight excluding hydrogens is 432 g/mol. The van der Waals surface area contributed by atoms with Crippen LogP contribution in [0.3, 0.4) is 0 Å². The van der Waals surface area contributed by atoms with E-state index in [-0.39, 0.29) is 5.91 Å². The Kier molecular flexibility index (Phi) is 5.38. The summed E-state index contributed by atoms with van der Waals surface area (Å²) in [4.78, 5) is 16.3. The van der Waals surface area contributed by atoms with E-state index in [0.717, 1.165) is 25.9 Å². The van der Waals surface area contributed by atoms with Crippen LogP contribution in [-0.2, 0) is 13.1 Å². The Hall–Kier alpha value is -2.37. The molecule has 28 heavy (non-hydrogen) atoms. The van der Waals surface area contributed by atoms with E-state index in [4.69, 9.17) is 0 Å². The maximum atomic E-state index is 13.3. The van der Waals surface area contributed by atoms with E-state index < -0.39 is 0 Å². The molecule has 0 unspecified atom stereocenters. The van der Waals surface area contributed by atoms with Crippen LogP contribution < -0.4 is 0 Å². The number of thiophene rings is 1. The van der Waals surface area contributed by atoms with Crippen LogP contribution in [0.1, 0.15) is 26.5 Å². The molecule has 1 amide bonds. The summed E-state index contributed by atoms with van der Waals surface area (Å²) in [6, 6.07) is 22.6. The number of aryl methyl sites for hydroxylation is 1. The average Bonchev–Trinajstić information content (AvgIpc) is 3.20. The second-order valence-electron chi connectivity index (χ2n) is 7.00. The lowest BCUT2D eigenvalue weighted by Crippen LogP contribution is -2.28. The van der Waals surface area contributed by atoms with E-state index in [0.29, 0.717) is 13.1 Å². The molecule has 0 saturated heterocycles. The highest BCUT2D eigenvalue weighted by molar-refractivity contribution is 9.10. The topological polar surface area (TPSA) is 25.2 Å². The third-order valence-electron chi connectivity index (χ3n) is 4.80. The molecule has 0 radical (unpaired) electrons. The van der Waals surface area contributed by atoms with Gasteiger partial charge in [-0.15, -0.1) is 11.3 Å². The van der Waals surface area contributed by atoms with Crippen molar-refractivity contribution in [2.24, 2.45) is 0 Å². The second-order valence-corrected chi connectivity index (χ2v) is 9.20. The molecular formula is C23H21BrN2OS. The third-order valence-corrected chi connectivity index (χ3v) is 6.31. The van der Waals surface area contributed by atoms with Gasteiger partial charge < -0.3 is 9.47 Å². The van der Waals surface area contributed by atoms with E-state index in [2.05, 4.69) is 45.6 Å². The summed E-state index contributed by atoms with van der Waals surface area (Å²) in [6.07, 6.45) is 0. The average molecular weight is 453 g/mol. The van der Waals surface area contributed by atoms with Crippen LogP contribution in [-0.4, -0.2) is 22.4 Å². The minimum atomic E-state index is 0.0435. The molecule has 0 N–H and O–H groups in total. The number of halogens is 1. The van der Waals surface area contributed by atoms with Gasteiger partial charge in [0.05, 0.1) is 10.2 Å². The van der Waals surface area contributed by atoms with Gasteiger partial charge in [-0.05, 0) is 42.3 Å². The SMILES string of the molecule is Cc1cc2c(cc(C(=O)N(C)Cc3ccccc3)n2Cc2ccc(Br)cc2)s1. The van der Waals surface area contributed by atoms with Gasteiger partial charge in [-0.1, -0.05) is 58.4 Å². The number of aromatic nitrogens is 1. The minimum Gasteiger partial charge on any atom is -0.336 e. The Morgan fingerprint density at radius 3 is 2.46 bits per heavy atom. The van der Waals surface area contributed by atoms with E-state index in [1.54, 1.807) is 16.2 Å². The number of nitrogens with zero attached hydrogens (tertiary/aromatic N) is 2. The van der Waals surface area contributed by atoms with Crippen LogP contribution in [0.4, 0.5) is 0 Å². The summed E-state index contributed by atoms with van der Waals surface area (Å²) in [7, 11) is 1.87. The third kappa shape index (κ3) is 3.91. The summed E-state index contributed by atoms with van der Waals surface area (Å²) >= 11 is 5.22. The van der Waals surface area contributed by atoms with Crippen LogP contribution in [0.25, 0.3) is 10.2 Å². The van der Waals surface area contributed by atoms with Gasteiger partial charge in [0.1, 0.15) is 5.69 Å². The van der Waals surface area contributed by atoms with Crippen LogP contribution in [0.15, 0.2) is 71.2 Å². The molecule has 0 bridgehead atoms. The number of hydrogen-bond acceptors (Lipinski definition) is 2. The molecule has 0 aliphatic carbocycles. The molecule has 142 valence electrons. The minimum absolute atomic E-state index is 0.0435. The van der Waals surface area contributed by atoms with Crippen LogP contribution in [0.2, 0.25) is 0 Å². The molecule has 4 rings (SSSR count). The molecule has 0 atom stereocenters. The normalized spacial score (nSPS) is 11.1. The van der Waals surface area contributed by atoms with Crippen LogP contribution in [0, 0.1) is 6.92 Å². The Bertz CT molecular complexity index is 1110. The van der Waals surface area contributed by atoms with Crippen molar-refractivity contribution in [2.75, 3.05) is 7.05 Å². The Balaban J connectivity index is 1.68. The quantitative estimate of drug-likeness (QED) is 0.359. The zero-order valence-corrected chi connectivity index (χ0v) is 18.3. The van der Waals surface area contributed by atoms with Gasteiger partial charge in [0.25, 0.3) is 5.91 Å². The van der Waals surface area contributed by atoms with Crippen molar-refractivity contribution >= 4 is 43.4 Å². The van der Waals surface area contributed by atoms with Crippen molar-refractivity contribution in [1.82, 2.24) is 9.47 Å². The van der Waals surface area contributed by atoms with Crippen molar-refractivity contribution in [3.63, 3.8) is 0 Å². The van der Waals surface area contributed by atoms with Gasteiger partial charge in [0, 0.05) is 29.5 Å². The number of amides is 1. The monoisotopic (exact) mass is 452 g/mol. The predicted octanol–water partition coefficient (Wildman–Crippen LogP) is 6.09. The lowest BCUT2D eigenvalue weighted by Gasteiger charge is -2.19. The maximum Gasteiger partial charge on any atom is 0.270 e. The van der Waals surface area contributed by atoms with Crippen molar-refractivity contribution in [2.45, 2.75) is 20.0 Å². The van der Waals surface area contributed by atoms with E-state index >= 15 is 0 Å². The highest BCUT2D eigenvalue weighted by Crippen LogP contribution is 2.30. The molecule has 0 aliphatic heterocycles. The van der Waals surface area contributed by atoms with E-state index in [1.165, 1.54) is 10.4 Å². The zero-order valence-electron chi connectivity index (χ0n) is 15.9. The lowest BCUT2D eigenvalue weighted by atomic mass is 10.2. The molecule has 0 fully saturated rings. The summed E-state index contributed by atoms with van der Waals surface area (Å²) in [5.41, 5.74) is 4.16. The lowest BCUT2D eigenvalue weighted by molar-refractivity contribution is 0.0775. The van der Waals surface area contributed by atoms with Gasteiger partial charge >= 0.3 is 0 Å². The van der Waals surface area contributed by atoms with Gasteiger partial charge in [0.15, 0.2) is 0 Å². The summed E-state index contributed by atoms with van der Waals surface area (Å²) in [6.45, 7) is 3.38. The number of benzene rings is 2. The molecule has 2 aromatic heterocycles. The highest BCUT2D eigenvalue weighted by Gasteiger charge is 2.20. The first-order valence-electron chi connectivity index (χ1n) is 9.15. The second kappa shape index (κ2) is 7.94. The predicted molar refractivity (Wildman–Crippen MR) is 120 cm³/mol. The standard InChI is InChI=1S/C23H21BrN2OS/c1-16-12-20-22(28-16)13-21(26(20)15-18-8-10-19(24)11-9-18)23(27)25(2)14-17-6-4-3-5-7-17/h3-13H,14-15H2,1-2H3. The number of carbonyl (C=O) groups excluding carboxylic acids is 1. The highest BCUT2D eigenvalue weighted by atomic mass is 79.9. The van der Waals surface area contributed by atoms with Crippen molar-refractivity contribution in [3.05, 3.63) is 92.9 Å². The molecule has 3 nitrogen and oxygen atoms in total. The summed E-state index contributed by atoms with van der Waals surface area (Å²) in [5.74, 6) is 0.0435. The zero-order chi connectivity index (χ0) is 19.7. The maximum absolute atomic E-state index is 13.3. The van der Waals surface area contributed by atoms with Crippen molar-refractivity contribution in [3.8, 4) is 0 Å². The van der Waals surface area contributed by atoms with Crippen LogP contribution >= 0.6 is 27.3 Å². The number of carbonyl (C=O) groups is 1. The first-order valence-corrected chi connectivity index (χ1v) is 10.8.